The summed E-state index contributed by atoms with van der Waals surface area (Å²) in [6.45, 7) is 2.43. The van der Waals surface area contributed by atoms with E-state index in [1.54, 1.807) is 19.2 Å². The number of benzene rings is 1. The highest BCUT2D eigenvalue weighted by molar-refractivity contribution is 6.00. The highest BCUT2D eigenvalue weighted by Crippen LogP contribution is 2.28. The lowest BCUT2D eigenvalue weighted by Crippen LogP contribution is -2.34. The molecule has 25 heavy (non-hydrogen) atoms. The molecule has 1 aliphatic heterocycles. The summed E-state index contributed by atoms with van der Waals surface area (Å²) >= 11 is 0. The maximum atomic E-state index is 12.6. The van der Waals surface area contributed by atoms with E-state index in [1.807, 2.05) is 6.92 Å². The van der Waals surface area contributed by atoms with Crippen LogP contribution in [0.1, 0.15) is 25.1 Å². The zero-order valence-corrected chi connectivity index (χ0v) is 14.2. The average Bonchev–Trinajstić information content (AvgIpc) is 3.20. The first-order valence-corrected chi connectivity index (χ1v) is 8.13. The van der Waals surface area contributed by atoms with Gasteiger partial charge in [-0.15, -0.1) is 0 Å². The number of anilines is 1. The van der Waals surface area contributed by atoms with E-state index in [1.165, 1.54) is 21.9 Å². The molecule has 1 fully saturated rings. The van der Waals surface area contributed by atoms with E-state index in [-0.39, 0.29) is 37.1 Å². The summed E-state index contributed by atoms with van der Waals surface area (Å²) in [7, 11) is 1.66. The molecule has 2 amide bonds. The largest absolute Gasteiger partial charge is 0.508 e. The number of aryl methyl sites for hydroxylation is 1. The number of phenols is 1. The van der Waals surface area contributed by atoms with E-state index in [9.17, 15) is 14.7 Å². The molecule has 0 spiro atoms. The van der Waals surface area contributed by atoms with Gasteiger partial charge in [-0.1, -0.05) is 18.1 Å². The predicted octanol–water partition coefficient (Wildman–Crippen LogP) is 1.35. The standard InChI is InChI=1S/C17H20N4O4/c1-3-15-18-14(19-25-15)10-20(2)17(24)11-7-16(23)21(9-11)12-5-4-6-13(22)8-12/h4-6,8,11,22H,3,7,9-10H2,1-2H3. The minimum Gasteiger partial charge on any atom is -0.508 e. The molecular formula is C17H20N4O4. The molecule has 8 nitrogen and oxygen atoms in total. The summed E-state index contributed by atoms with van der Waals surface area (Å²) in [5, 5.41) is 13.4. The molecule has 132 valence electrons. The van der Waals surface area contributed by atoms with Gasteiger partial charge in [0.15, 0.2) is 5.82 Å². The Labute approximate surface area is 145 Å². The van der Waals surface area contributed by atoms with Crippen molar-refractivity contribution in [3.05, 3.63) is 36.0 Å². The first-order valence-electron chi connectivity index (χ1n) is 8.13. The Morgan fingerprint density at radius 1 is 1.48 bits per heavy atom. The number of aromatic hydroxyl groups is 1. The number of hydrogen-bond donors (Lipinski definition) is 1. The first-order chi connectivity index (χ1) is 12.0. The molecule has 0 bridgehead atoms. The normalized spacial score (nSPS) is 17.1. The minimum atomic E-state index is -0.433. The molecular weight excluding hydrogens is 324 g/mol. The Hall–Kier alpha value is -2.90. The third kappa shape index (κ3) is 3.62. The summed E-state index contributed by atoms with van der Waals surface area (Å²) in [6.07, 6.45) is 0.784. The Morgan fingerprint density at radius 2 is 2.28 bits per heavy atom. The van der Waals surface area contributed by atoms with Crippen LogP contribution in [0.25, 0.3) is 0 Å². The summed E-state index contributed by atoms with van der Waals surface area (Å²) in [4.78, 5) is 32.1. The van der Waals surface area contributed by atoms with Crippen molar-refractivity contribution in [1.29, 1.82) is 0 Å². The molecule has 8 heteroatoms. The van der Waals surface area contributed by atoms with Gasteiger partial charge in [0.25, 0.3) is 0 Å². The van der Waals surface area contributed by atoms with Crippen molar-refractivity contribution in [1.82, 2.24) is 15.0 Å². The van der Waals surface area contributed by atoms with Crippen LogP contribution in [0.4, 0.5) is 5.69 Å². The molecule has 0 saturated carbocycles. The number of carbonyl (C=O) groups excluding carboxylic acids is 2. The third-order valence-corrected chi connectivity index (χ3v) is 4.18. The molecule has 1 aromatic carbocycles. The van der Waals surface area contributed by atoms with Gasteiger partial charge in [-0.2, -0.15) is 4.98 Å². The van der Waals surface area contributed by atoms with Crippen LogP contribution in [0.5, 0.6) is 5.75 Å². The molecule has 1 aromatic heterocycles. The Bertz CT molecular complexity index is 788. The topological polar surface area (TPSA) is 99.8 Å². The molecule has 1 atom stereocenters. The summed E-state index contributed by atoms with van der Waals surface area (Å²) < 4.78 is 5.04. The second kappa shape index (κ2) is 6.92. The molecule has 1 saturated heterocycles. The number of aromatic nitrogens is 2. The van der Waals surface area contributed by atoms with E-state index in [0.717, 1.165) is 0 Å². The fourth-order valence-electron chi connectivity index (χ4n) is 2.88. The van der Waals surface area contributed by atoms with Gasteiger partial charge in [0.2, 0.25) is 17.7 Å². The number of carbonyl (C=O) groups is 2. The minimum absolute atomic E-state index is 0.0843. The second-order valence-electron chi connectivity index (χ2n) is 6.08. The molecule has 1 aliphatic rings. The Balaban J connectivity index is 1.65. The fraction of sp³-hybridized carbons (Fsp3) is 0.412. The van der Waals surface area contributed by atoms with Gasteiger partial charge in [0.05, 0.1) is 12.5 Å². The average molecular weight is 344 g/mol. The summed E-state index contributed by atoms with van der Waals surface area (Å²) in [6, 6.07) is 6.45. The van der Waals surface area contributed by atoms with Gasteiger partial charge >= 0.3 is 0 Å². The van der Waals surface area contributed by atoms with Gasteiger partial charge in [-0.3, -0.25) is 9.59 Å². The van der Waals surface area contributed by atoms with Crippen molar-refractivity contribution in [2.24, 2.45) is 5.92 Å². The molecule has 0 radical (unpaired) electrons. The van der Waals surface area contributed by atoms with Crippen molar-refractivity contribution in [2.45, 2.75) is 26.3 Å². The SMILES string of the molecule is CCc1nc(CN(C)C(=O)C2CC(=O)N(c3cccc(O)c3)C2)no1. The Kier molecular flexibility index (Phi) is 4.69. The van der Waals surface area contributed by atoms with Crippen LogP contribution in [0.15, 0.2) is 28.8 Å². The van der Waals surface area contributed by atoms with Crippen LogP contribution in [0.2, 0.25) is 0 Å². The number of amides is 2. The van der Waals surface area contributed by atoms with Crippen LogP contribution in [0, 0.1) is 5.92 Å². The molecule has 3 rings (SSSR count). The van der Waals surface area contributed by atoms with Crippen LogP contribution < -0.4 is 4.90 Å². The molecule has 1 unspecified atom stereocenters. The van der Waals surface area contributed by atoms with Gasteiger partial charge in [0, 0.05) is 38.2 Å². The zero-order chi connectivity index (χ0) is 18.0. The number of hydrogen-bond acceptors (Lipinski definition) is 6. The summed E-state index contributed by atoms with van der Waals surface area (Å²) in [5.74, 6) is 0.353. The second-order valence-corrected chi connectivity index (χ2v) is 6.08. The molecule has 0 aliphatic carbocycles. The predicted molar refractivity (Wildman–Crippen MR) is 88.7 cm³/mol. The van der Waals surface area contributed by atoms with Gasteiger partial charge in [-0.25, -0.2) is 0 Å². The smallest absolute Gasteiger partial charge is 0.228 e. The quantitative estimate of drug-likeness (QED) is 0.879. The number of rotatable bonds is 5. The van der Waals surface area contributed by atoms with Crippen LogP contribution >= 0.6 is 0 Å². The van der Waals surface area contributed by atoms with Crippen molar-refractivity contribution < 1.29 is 19.2 Å². The monoisotopic (exact) mass is 344 g/mol. The molecule has 2 aromatic rings. The Morgan fingerprint density at radius 3 is 2.96 bits per heavy atom. The van der Waals surface area contributed by atoms with E-state index < -0.39 is 5.92 Å². The maximum Gasteiger partial charge on any atom is 0.228 e. The highest BCUT2D eigenvalue weighted by atomic mass is 16.5. The number of nitrogens with zero attached hydrogens (tertiary/aromatic N) is 4. The van der Waals surface area contributed by atoms with E-state index in [2.05, 4.69) is 10.1 Å². The van der Waals surface area contributed by atoms with Gasteiger partial charge in [-0.05, 0) is 12.1 Å². The lowest BCUT2D eigenvalue weighted by molar-refractivity contribution is -0.135. The van der Waals surface area contributed by atoms with E-state index in [4.69, 9.17) is 4.52 Å². The fourth-order valence-corrected chi connectivity index (χ4v) is 2.88. The van der Waals surface area contributed by atoms with Crippen molar-refractivity contribution in [2.75, 3.05) is 18.5 Å². The maximum absolute atomic E-state index is 12.6. The van der Waals surface area contributed by atoms with E-state index in [0.29, 0.717) is 23.8 Å². The molecule has 2 heterocycles. The van der Waals surface area contributed by atoms with Crippen LogP contribution in [0.3, 0.4) is 0 Å². The van der Waals surface area contributed by atoms with Crippen LogP contribution in [-0.4, -0.2) is 45.6 Å². The van der Waals surface area contributed by atoms with Crippen LogP contribution in [-0.2, 0) is 22.6 Å². The van der Waals surface area contributed by atoms with E-state index >= 15 is 0 Å². The third-order valence-electron chi connectivity index (χ3n) is 4.18. The zero-order valence-electron chi connectivity index (χ0n) is 14.2. The lowest BCUT2D eigenvalue weighted by atomic mass is 10.1. The van der Waals surface area contributed by atoms with Gasteiger partial charge in [0.1, 0.15) is 5.75 Å². The summed E-state index contributed by atoms with van der Waals surface area (Å²) in [5.41, 5.74) is 0.591. The van der Waals surface area contributed by atoms with Crippen molar-refractivity contribution in [3.8, 4) is 5.75 Å². The van der Waals surface area contributed by atoms with Gasteiger partial charge < -0.3 is 19.4 Å². The van der Waals surface area contributed by atoms with Crippen molar-refractivity contribution >= 4 is 17.5 Å². The number of phenolic OH excluding ortho intramolecular Hbond substituents is 1. The molecule has 1 N–H and O–H groups in total. The lowest BCUT2D eigenvalue weighted by Gasteiger charge is -2.20. The highest BCUT2D eigenvalue weighted by Gasteiger charge is 2.36. The first kappa shape index (κ1) is 16.9. The van der Waals surface area contributed by atoms with Crippen molar-refractivity contribution in [3.63, 3.8) is 0 Å².